The van der Waals surface area contributed by atoms with E-state index in [4.69, 9.17) is 23.2 Å². The molecule has 5 heteroatoms. The zero-order valence-corrected chi connectivity index (χ0v) is 11.5. The second-order valence-electron chi connectivity index (χ2n) is 3.81. The van der Waals surface area contributed by atoms with Crippen molar-refractivity contribution >= 4 is 29.0 Å². The Balaban J connectivity index is 2.17. The van der Waals surface area contributed by atoms with E-state index in [1.807, 2.05) is 25.1 Å². The fourth-order valence-electron chi connectivity index (χ4n) is 1.60. The lowest BCUT2D eigenvalue weighted by Gasteiger charge is -2.05. The van der Waals surface area contributed by atoms with Crippen LogP contribution in [0.5, 0.6) is 0 Å². The van der Waals surface area contributed by atoms with Crippen LogP contribution in [-0.4, -0.2) is 16.5 Å². The van der Waals surface area contributed by atoms with Gasteiger partial charge in [-0.15, -0.1) is 0 Å². The molecule has 0 aliphatic carbocycles. The summed E-state index contributed by atoms with van der Waals surface area (Å²) in [6, 6.07) is 7.40. The van der Waals surface area contributed by atoms with Gasteiger partial charge >= 0.3 is 0 Å². The number of hydrogen-bond donors (Lipinski definition) is 1. The summed E-state index contributed by atoms with van der Waals surface area (Å²) in [6.45, 7) is 2.87. The maximum Gasteiger partial charge on any atom is 0.135 e. The van der Waals surface area contributed by atoms with Crippen LogP contribution in [0.2, 0.25) is 10.0 Å². The van der Waals surface area contributed by atoms with E-state index in [1.165, 1.54) is 0 Å². The van der Waals surface area contributed by atoms with Crippen molar-refractivity contribution in [1.82, 2.24) is 9.97 Å². The molecule has 0 radical (unpaired) electrons. The molecular formula is C13H13Cl2N3. The number of nitrogens with one attached hydrogen (secondary N) is 1. The smallest absolute Gasteiger partial charge is 0.135 e. The molecule has 1 aromatic carbocycles. The molecule has 0 aliphatic rings. The fourth-order valence-corrected chi connectivity index (χ4v) is 1.92. The molecule has 3 nitrogen and oxygen atoms in total. The van der Waals surface area contributed by atoms with Gasteiger partial charge in [0.2, 0.25) is 0 Å². The zero-order chi connectivity index (χ0) is 13.0. The SMILES string of the molecule is CCNc1ccnc(Cc2ccc(Cl)c(Cl)c2)n1. The zero-order valence-electron chi connectivity index (χ0n) is 9.95. The molecule has 0 saturated heterocycles. The Morgan fingerprint density at radius 1 is 1.17 bits per heavy atom. The molecule has 0 bridgehead atoms. The van der Waals surface area contributed by atoms with Crippen LogP contribution in [0.15, 0.2) is 30.5 Å². The number of rotatable bonds is 4. The van der Waals surface area contributed by atoms with E-state index in [0.717, 1.165) is 23.8 Å². The first-order chi connectivity index (χ1) is 8.69. The Kier molecular flexibility index (Phi) is 4.39. The molecule has 0 atom stereocenters. The van der Waals surface area contributed by atoms with Crippen LogP contribution in [0.4, 0.5) is 5.82 Å². The van der Waals surface area contributed by atoms with Gasteiger partial charge in [-0.05, 0) is 30.7 Å². The van der Waals surface area contributed by atoms with Crippen molar-refractivity contribution in [2.75, 3.05) is 11.9 Å². The van der Waals surface area contributed by atoms with Crippen LogP contribution >= 0.6 is 23.2 Å². The Bertz CT molecular complexity index is 544. The van der Waals surface area contributed by atoms with E-state index < -0.39 is 0 Å². The monoisotopic (exact) mass is 281 g/mol. The summed E-state index contributed by atoms with van der Waals surface area (Å²) in [5, 5.41) is 4.27. The highest BCUT2D eigenvalue weighted by Gasteiger charge is 2.03. The van der Waals surface area contributed by atoms with E-state index in [-0.39, 0.29) is 0 Å². The number of benzene rings is 1. The molecule has 1 N–H and O–H groups in total. The quantitative estimate of drug-likeness (QED) is 0.926. The highest BCUT2D eigenvalue weighted by Crippen LogP contribution is 2.23. The van der Waals surface area contributed by atoms with Crippen molar-refractivity contribution < 1.29 is 0 Å². The number of aromatic nitrogens is 2. The van der Waals surface area contributed by atoms with Gasteiger partial charge < -0.3 is 5.32 Å². The predicted molar refractivity (Wildman–Crippen MR) is 75.5 cm³/mol. The van der Waals surface area contributed by atoms with Crippen molar-refractivity contribution in [2.45, 2.75) is 13.3 Å². The lowest BCUT2D eigenvalue weighted by atomic mass is 10.1. The third-order valence-electron chi connectivity index (χ3n) is 2.41. The first kappa shape index (κ1) is 13.1. The van der Waals surface area contributed by atoms with Crippen molar-refractivity contribution in [3.63, 3.8) is 0 Å². The molecule has 18 heavy (non-hydrogen) atoms. The lowest BCUT2D eigenvalue weighted by molar-refractivity contribution is 0.962. The largest absolute Gasteiger partial charge is 0.370 e. The van der Waals surface area contributed by atoms with E-state index >= 15 is 0 Å². The van der Waals surface area contributed by atoms with Crippen LogP contribution in [0.1, 0.15) is 18.3 Å². The van der Waals surface area contributed by atoms with Gasteiger partial charge in [-0.25, -0.2) is 9.97 Å². The number of halogens is 2. The summed E-state index contributed by atoms with van der Waals surface area (Å²) in [5.74, 6) is 1.59. The van der Waals surface area contributed by atoms with Gasteiger partial charge in [-0.1, -0.05) is 29.3 Å². The van der Waals surface area contributed by atoms with Crippen molar-refractivity contribution in [2.24, 2.45) is 0 Å². The van der Waals surface area contributed by atoms with Crippen LogP contribution in [0, 0.1) is 0 Å². The summed E-state index contributed by atoms with van der Waals surface area (Å²) < 4.78 is 0. The van der Waals surface area contributed by atoms with Crippen molar-refractivity contribution in [1.29, 1.82) is 0 Å². The molecule has 2 aromatic rings. The maximum absolute atomic E-state index is 5.98. The minimum atomic E-state index is 0.553. The van der Waals surface area contributed by atoms with Gasteiger partial charge in [-0.3, -0.25) is 0 Å². The molecule has 94 valence electrons. The summed E-state index contributed by atoms with van der Waals surface area (Å²) >= 11 is 11.9. The Hall–Kier alpha value is -1.32. The first-order valence-electron chi connectivity index (χ1n) is 5.68. The summed E-state index contributed by atoms with van der Waals surface area (Å²) in [5.41, 5.74) is 1.04. The standard InChI is InChI=1S/C13H13Cl2N3/c1-2-16-12-5-6-17-13(18-12)8-9-3-4-10(14)11(15)7-9/h3-7H,2,8H2,1H3,(H,16,17,18). The van der Waals surface area contributed by atoms with Gasteiger partial charge in [0, 0.05) is 19.2 Å². The minimum absolute atomic E-state index is 0.553. The van der Waals surface area contributed by atoms with E-state index in [1.54, 1.807) is 12.3 Å². The molecule has 0 aliphatic heterocycles. The van der Waals surface area contributed by atoms with Crippen LogP contribution < -0.4 is 5.32 Å². The molecule has 0 unspecified atom stereocenters. The van der Waals surface area contributed by atoms with Crippen molar-refractivity contribution in [3.8, 4) is 0 Å². The Morgan fingerprint density at radius 2 is 2.00 bits per heavy atom. The third kappa shape index (κ3) is 3.34. The molecule has 0 spiro atoms. The lowest BCUT2D eigenvalue weighted by Crippen LogP contribution is -2.03. The van der Waals surface area contributed by atoms with E-state index in [0.29, 0.717) is 16.5 Å². The van der Waals surface area contributed by atoms with Gasteiger partial charge in [-0.2, -0.15) is 0 Å². The molecule has 0 saturated carbocycles. The Morgan fingerprint density at radius 3 is 2.72 bits per heavy atom. The summed E-state index contributed by atoms with van der Waals surface area (Å²) in [4.78, 5) is 8.65. The van der Waals surface area contributed by atoms with Gasteiger partial charge in [0.25, 0.3) is 0 Å². The maximum atomic E-state index is 5.98. The highest BCUT2D eigenvalue weighted by molar-refractivity contribution is 6.42. The third-order valence-corrected chi connectivity index (χ3v) is 3.15. The molecule has 0 fully saturated rings. The van der Waals surface area contributed by atoms with Crippen molar-refractivity contribution in [3.05, 3.63) is 51.9 Å². The molecule has 1 heterocycles. The minimum Gasteiger partial charge on any atom is -0.370 e. The van der Waals surface area contributed by atoms with Gasteiger partial charge in [0.05, 0.1) is 10.0 Å². The van der Waals surface area contributed by atoms with Crippen LogP contribution in [-0.2, 0) is 6.42 Å². The summed E-state index contributed by atoms with van der Waals surface area (Å²) in [6.07, 6.45) is 2.38. The number of anilines is 1. The second-order valence-corrected chi connectivity index (χ2v) is 4.63. The van der Waals surface area contributed by atoms with Crippen LogP contribution in [0.3, 0.4) is 0 Å². The van der Waals surface area contributed by atoms with E-state index in [2.05, 4.69) is 15.3 Å². The average Bonchev–Trinajstić information content (AvgIpc) is 2.35. The number of hydrogen-bond acceptors (Lipinski definition) is 3. The summed E-state index contributed by atoms with van der Waals surface area (Å²) in [7, 11) is 0. The average molecular weight is 282 g/mol. The highest BCUT2D eigenvalue weighted by atomic mass is 35.5. The van der Waals surface area contributed by atoms with Gasteiger partial charge in [0.1, 0.15) is 11.6 Å². The fraction of sp³-hybridized carbons (Fsp3) is 0.231. The normalized spacial score (nSPS) is 10.4. The predicted octanol–water partition coefficient (Wildman–Crippen LogP) is 3.81. The van der Waals surface area contributed by atoms with Crippen LogP contribution in [0.25, 0.3) is 0 Å². The molecular weight excluding hydrogens is 269 g/mol. The van der Waals surface area contributed by atoms with Gasteiger partial charge in [0.15, 0.2) is 0 Å². The molecule has 2 rings (SSSR count). The Labute approximate surface area is 116 Å². The topological polar surface area (TPSA) is 37.8 Å². The first-order valence-corrected chi connectivity index (χ1v) is 6.44. The number of nitrogens with zero attached hydrogens (tertiary/aromatic N) is 2. The molecule has 1 aromatic heterocycles. The molecule has 0 amide bonds. The second kappa shape index (κ2) is 6.03. The van der Waals surface area contributed by atoms with E-state index in [9.17, 15) is 0 Å².